The van der Waals surface area contributed by atoms with Gasteiger partial charge in [-0.05, 0) is 49.9 Å². The first kappa shape index (κ1) is 15.4. The minimum absolute atomic E-state index is 0.00602. The second-order valence-corrected chi connectivity index (χ2v) is 7.16. The van der Waals surface area contributed by atoms with Crippen LogP contribution in [0, 0.1) is 5.82 Å². The van der Waals surface area contributed by atoms with E-state index in [0.29, 0.717) is 6.42 Å². The van der Waals surface area contributed by atoms with Crippen LogP contribution < -0.4 is 4.72 Å². The first-order valence-electron chi connectivity index (χ1n) is 6.77. The Morgan fingerprint density at radius 3 is 2.90 bits per heavy atom. The highest BCUT2D eigenvalue weighted by Crippen LogP contribution is 2.32. The fourth-order valence-electron chi connectivity index (χ4n) is 2.36. The van der Waals surface area contributed by atoms with Gasteiger partial charge in [-0.1, -0.05) is 6.07 Å². The summed E-state index contributed by atoms with van der Waals surface area (Å²) in [5.74, 6) is -0.412. The van der Waals surface area contributed by atoms with Crippen molar-refractivity contribution in [2.45, 2.75) is 38.8 Å². The molecule has 0 saturated carbocycles. The molecule has 0 aromatic heterocycles. The molecule has 1 aliphatic rings. The highest BCUT2D eigenvalue weighted by atomic mass is 32.2. The van der Waals surface area contributed by atoms with Gasteiger partial charge in [0, 0.05) is 6.04 Å². The van der Waals surface area contributed by atoms with E-state index in [2.05, 4.69) is 4.72 Å². The number of benzene rings is 1. The van der Waals surface area contributed by atoms with E-state index in [0.717, 1.165) is 17.5 Å². The van der Waals surface area contributed by atoms with Crippen molar-refractivity contribution in [2.24, 2.45) is 0 Å². The quantitative estimate of drug-likeness (QED) is 0.876. The Hall–Kier alpha value is -0.980. The van der Waals surface area contributed by atoms with E-state index in [1.165, 1.54) is 12.1 Å². The van der Waals surface area contributed by atoms with Crippen LogP contribution in [0.5, 0.6) is 0 Å². The second-order valence-electron chi connectivity index (χ2n) is 5.29. The lowest BCUT2D eigenvalue weighted by molar-refractivity contribution is 0.0911. The normalized spacial score (nSPS) is 18.5. The van der Waals surface area contributed by atoms with Crippen molar-refractivity contribution in [3.63, 3.8) is 0 Å². The molecule has 112 valence electrons. The van der Waals surface area contributed by atoms with Crippen LogP contribution in [0.15, 0.2) is 18.2 Å². The number of aryl methyl sites for hydroxylation is 1. The van der Waals surface area contributed by atoms with Gasteiger partial charge in [0.25, 0.3) is 0 Å². The van der Waals surface area contributed by atoms with Gasteiger partial charge in [-0.25, -0.2) is 17.5 Å². The molecule has 1 aromatic rings. The van der Waals surface area contributed by atoms with Crippen LogP contribution in [-0.2, 0) is 21.2 Å². The zero-order chi connectivity index (χ0) is 14.8. The van der Waals surface area contributed by atoms with Gasteiger partial charge in [-0.2, -0.15) is 0 Å². The van der Waals surface area contributed by atoms with Crippen LogP contribution in [0.2, 0.25) is 0 Å². The van der Waals surface area contributed by atoms with Crippen molar-refractivity contribution in [3.05, 3.63) is 35.1 Å². The van der Waals surface area contributed by atoms with Crippen LogP contribution in [0.3, 0.4) is 0 Å². The smallest absolute Gasteiger partial charge is 0.214 e. The maximum absolute atomic E-state index is 13.3. The molecule has 0 radical (unpaired) electrons. The first-order chi connectivity index (χ1) is 9.37. The number of nitrogens with one attached hydrogen (secondary N) is 1. The van der Waals surface area contributed by atoms with Crippen molar-refractivity contribution in [2.75, 3.05) is 12.4 Å². The van der Waals surface area contributed by atoms with Crippen LogP contribution in [-0.4, -0.2) is 26.9 Å². The molecule has 0 aliphatic heterocycles. The fourth-order valence-corrected chi connectivity index (χ4v) is 3.48. The summed E-state index contributed by atoms with van der Waals surface area (Å²) in [5.41, 5.74) is 1.76. The summed E-state index contributed by atoms with van der Waals surface area (Å²) in [6, 6.07) is 4.22. The second kappa shape index (κ2) is 6.20. The average Bonchev–Trinajstić information content (AvgIpc) is 2.70. The predicted molar refractivity (Wildman–Crippen MR) is 75.5 cm³/mol. The van der Waals surface area contributed by atoms with Gasteiger partial charge in [0.1, 0.15) is 5.82 Å². The van der Waals surface area contributed by atoms with Gasteiger partial charge in [-0.3, -0.25) is 0 Å². The van der Waals surface area contributed by atoms with E-state index in [-0.39, 0.29) is 30.3 Å². The van der Waals surface area contributed by atoms with Gasteiger partial charge in [-0.15, -0.1) is 0 Å². The van der Waals surface area contributed by atoms with E-state index in [9.17, 15) is 12.8 Å². The third-order valence-electron chi connectivity index (χ3n) is 3.31. The van der Waals surface area contributed by atoms with E-state index in [1.54, 1.807) is 6.07 Å². The lowest BCUT2D eigenvalue weighted by Crippen LogP contribution is -2.31. The Balaban J connectivity index is 2.00. The largest absolute Gasteiger partial charge is 0.378 e. The molecule has 0 fully saturated rings. The molecule has 0 amide bonds. The van der Waals surface area contributed by atoms with E-state index in [4.69, 9.17) is 4.74 Å². The molecular weight excluding hydrogens is 281 g/mol. The molecule has 2 rings (SSSR count). The monoisotopic (exact) mass is 301 g/mol. The summed E-state index contributed by atoms with van der Waals surface area (Å²) in [4.78, 5) is 0. The van der Waals surface area contributed by atoms with Crippen LogP contribution >= 0.6 is 0 Å². The highest BCUT2D eigenvalue weighted by molar-refractivity contribution is 7.89. The van der Waals surface area contributed by atoms with Crippen molar-refractivity contribution < 1.29 is 17.5 Å². The van der Waals surface area contributed by atoms with Gasteiger partial charge in [0.2, 0.25) is 10.0 Å². The number of halogens is 1. The lowest BCUT2D eigenvalue weighted by atomic mass is 10.1. The predicted octanol–water partition coefficient (Wildman–Crippen LogP) is 2.16. The van der Waals surface area contributed by atoms with Crippen molar-refractivity contribution >= 4 is 10.0 Å². The lowest BCUT2D eigenvalue weighted by Gasteiger charge is -2.15. The topological polar surface area (TPSA) is 55.4 Å². The molecule has 0 spiro atoms. The number of ether oxygens (including phenoxy) is 1. The maximum Gasteiger partial charge on any atom is 0.214 e. The third kappa shape index (κ3) is 4.01. The zero-order valence-electron chi connectivity index (χ0n) is 11.7. The van der Waals surface area contributed by atoms with E-state index >= 15 is 0 Å². The Morgan fingerprint density at radius 2 is 2.20 bits per heavy atom. The van der Waals surface area contributed by atoms with Gasteiger partial charge >= 0.3 is 0 Å². The number of hydrogen-bond acceptors (Lipinski definition) is 3. The summed E-state index contributed by atoms with van der Waals surface area (Å²) >= 11 is 0. The van der Waals surface area contributed by atoms with E-state index < -0.39 is 10.0 Å². The van der Waals surface area contributed by atoms with Crippen LogP contribution in [0.4, 0.5) is 4.39 Å². The minimum atomic E-state index is -3.41. The molecule has 0 heterocycles. The summed E-state index contributed by atoms with van der Waals surface area (Å²) in [6.07, 6.45) is 1.44. The molecular formula is C14H20FNO3S. The molecule has 1 atom stereocenters. The molecule has 4 nitrogen and oxygen atoms in total. The molecule has 0 bridgehead atoms. The van der Waals surface area contributed by atoms with E-state index in [1.807, 2.05) is 13.8 Å². The molecule has 0 saturated heterocycles. The fraction of sp³-hybridized carbons (Fsp3) is 0.571. The standard InChI is InChI=1S/C14H20FNO3S/c1-10(2)19-7-8-20(17,18)16-14-6-4-11-3-5-12(15)9-13(11)14/h3,5,9-10,14,16H,4,6-8H2,1-2H3. The van der Waals surface area contributed by atoms with Crippen molar-refractivity contribution in [1.29, 1.82) is 0 Å². The minimum Gasteiger partial charge on any atom is -0.378 e. The number of fused-ring (bicyclic) bond motifs is 1. The van der Waals surface area contributed by atoms with Gasteiger partial charge < -0.3 is 4.74 Å². The Bertz CT molecular complexity index is 572. The van der Waals surface area contributed by atoms with Crippen molar-refractivity contribution in [1.82, 2.24) is 4.72 Å². The number of rotatable bonds is 6. The third-order valence-corrected chi connectivity index (χ3v) is 4.66. The zero-order valence-corrected chi connectivity index (χ0v) is 12.5. The first-order valence-corrected chi connectivity index (χ1v) is 8.42. The molecule has 1 N–H and O–H groups in total. The number of sulfonamides is 1. The highest BCUT2D eigenvalue weighted by Gasteiger charge is 2.26. The Kier molecular flexibility index (Phi) is 4.78. The summed E-state index contributed by atoms with van der Waals surface area (Å²) in [7, 11) is -3.41. The SMILES string of the molecule is CC(C)OCCS(=O)(=O)NC1CCc2ccc(F)cc21. The Labute approximate surface area is 119 Å². The number of hydrogen-bond donors (Lipinski definition) is 1. The summed E-state index contributed by atoms with van der Waals surface area (Å²) in [6.45, 7) is 3.88. The summed E-state index contributed by atoms with van der Waals surface area (Å²) < 4.78 is 45.1. The average molecular weight is 301 g/mol. The molecule has 1 unspecified atom stereocenters. The van der Waals surface area contributed by atoms with Crippen LogP contribution in [0.25, 0.3) is 0 Å². The summed E-state index contributed by atoms with van der Waals surface area (Å²) in [5, 5.41) is 0. The van der Waals surface area contributed by atoms with Crippen molar-refractivity contribution in [3.8, 4) is 0 Å². The molecule has 1 aromatic carbocycles. The van der Waals surface area contributed by atoms with Gasteiger partial charge in [0.15, 0.2) is 0 Å². The molecule has 20 heavy (non-hydrogen) atoms. The molecule has 1 aliphatic carbocycles. The van der Waals surface area contributed by atoms with Gasteiger partial charge in [0.05, 0.1) is 18.5 Å². The van der Waals surface area contributed by atoms with Crippen LogP contribution in [0.1, 0.15) is 37.4 Å². The molecule has 6 heteroatoms. The maximum atomic E-state index is 13.3. The Morgan fingerprint density at radius 1 is 1.45 bits per heavy atom.